The van der Waals surface area contributed by atoms with Crippen molar-refractivity contribution in [2.45, 2.75) is 65.5 Å². The van der Waals surface area contributed by atoms with Crippen molar-refractivity contribution in [2.75, 3.05) is 20.6 Å². The van der Waals surface area contributed by atoms with Gasteiger partial charge in [0.25, 0.3) is 5.91 Å². The minimum absolute atomic E-state index is 0.119. The highest BCUT2D eigenvalue weighted by Crippen LogP contribution is 2.31. The SMILES string of the molecule is Cc1cc(OC(C)C(=O)NCC2CCC(N(C)C)CC2)c2c(C)c(C)c(=O)oc2c1. The van der Waals surface area contributed by atoms with Crippen LogP contribution in [0.25, 0.3) is 11.0 Å². The molecule has 1 saturated carbocycles. The monoisotopic (exact) mass is 414 g/mol. The Bertz CT molecular complexity index is 971. The summed E-state index contributed by atoms with van der Waals surface area (Å²) in [5, 5.41) is 3.81. The van der Waals surface area contributed by atoms with Gasteiger partial charge in [0.15, 0.2) is 6.10 Å². The summed E-state index contributed by atoms with van der Waals surface area (Å²) >= 11 is 0. The molecular formula is C24H34N2O4. The highest BCUT2D eigenvalue weighted by atomic mass is 16.5. The predicted octanol–water partition coefficient (Wildman–Crippen LogP) is 3.72. The molecule has 1 aromatic heterocycles. The van der Waals surface area contributed by atoms with E-state index in [4.69, 9.17) is 9.15 Å². The lowest BCUT2D eigenvalue weighted by Gasteiger charge is -2.32. The van der Waals surface area contributed by atoms with Crippen molar-refractivity contribution >= 4 is 16.9 Å². The van der Waals surface area contributed by atoms with Crippen LogP contribution in [0.3, 0.4) is 0 Å². The highest BCUT2D eigenvalue weighted by Gasteiger charge is 2.24. The number of ether oxygens (including phenoxy) is 1. The molecule has 1 N–H and O–H groups in total. The minimum atomic E-state index is -0.639. The third-order valence-electron chi connectivity index (χ3n) is 6.44. The maximum Gasteiger partial charge on any atom is 0.339 e. The number of fused-ring (bicyclic) bond motifs is 1. The molecule has 6 nitrogen and oxygen atoms in total. The average Bonchev–Trinajstić information content (AvgIpc) is 2.70. The molecule has 0 spiro atoms. The Morgan fingerprint density at radius 3 is 2.47 bits per heavy atom. The number of carbonyl (C=O) groups excluding carboxylic acids is 1. The van der Waals surface area contributed by atoms with E-state index in [2.05, 4.69) is 24.3 Å². The van der Waals surface area contributed by atoms with Gasteiger partial charge in [-0.1, -0.05) is 0 Å². The molecule has 1 fully saturated rings. The molecule has 0 saturated heterocycles. The minimum Gasteiger partial charge on any atom is -0.480 e. The fourth-order valence-electron chi connectivity index (χ4n) is 4.28. The van der Waals surface area contributed by atoms with E-state index in [1.54, 1.807) is 13.8 Å². The lowest BCUT2D eigenvalue weighted by Crippen LogP contribution is -2.41. The number of benzene rings is 1. The van der Waals surface area contributed by atoms with Gasteiger partial charge in [-0.2, -0.15) is 0 Å². The molecule has 1 atom stereocenters. The third kappa shape index (κ3) is 4.86. The van der Waals surface area contributed by atoms with Gasteiger partial charge in [-0.15, -0.1) is 0 Å². The summed E-state index contributed by atoms with van der Waals surface area (Å²) in [6, 6.07) is 4.37. The summed E-state index contributed by atoms with van der Waals surface area (Å²) in [7, 11) is 4.27. The smallest absolute Gasteiger partial charge is 0.339 e. The van der Waals surface area contributed by atoms with Gasteiger partial charge in [0.05, 0.1) is 5.39 Å². The number of hydrogen-bond donors (Lipinski definition) is 1. The quantitative estimate of drug-likeness (QED) is 0.730. The van der Waals surface area contributed by atoms with E-state index < -0.39 is 6.10 Å². The van der Waals surface area contributed by atoms with Gasteiger partial charge in [0, 0.05) is 18.2 Å². The van der Waals surface area contributed by atoms with Crippen LogP contribution in [0.15, 0.2) is 21.3 Å². The van der Waals surface area contributed by atoms with Gasteiger partial charge >= 0.3 is 5.63 Å². The topological polar surface area (TPSA) is 71.8 Å². The van der Waals surface area contributed by atoms with Gasteiger partial charge < -0.3 is 19.4 Å². The van der Waals surface area contributed by atoms with Crippen LogP contribution in [0.4, 0.5) is 0 Å². The fraction of sp³-hybridized carbons (Fsp3) is 0.583. The van der Waals surface area contributed by atoms with Gasteiger partial charge in [-0.25, -0.2) is 4.79 Å². The zero-order valence-electron chi connectivity index (χ0n) is 19.0. The second-order valence-electron chi connectivity index (χ2n) is 8.92. The molecule has 6 heteroatoms. The first-order valence-corrected chi connectivity index (χ1v) is 10.8. The molecule has 1 heterocycles. The summed E-state index contributed by atoms with van der Waals surface area (Å²) in [6.07, 6.45) is 3.99. The van der Waals surface area contributed by atoms with Gasteiger partial charge in [0.2, 0.25) is 0 Å². The van der Waals surface area contributed by atoms with Gasteiger partial charge in [-0.05, 0) is 96.7 Å². The Balaban J connectivity index is 1.66. The number of carbonyl (C=O) groups is 1. The molecule has 1 amide bonds. The van der Waals surface area contributed by atoms with E-state index in [1.165, 1.54) is 12.8 Å². The van der Waals surface area contributed by atoms with E-state index in [9.17, 15) is 9.59 Å². The predicted molar refractivity (Wildman–Crippen MR) is 119 cm³/mol. The Hall–Kier alpha value is -2.34. The lowest BCUT2D eigenvalue weighted by atomic mass is 9.85. The summed E-state index contributed by atoms with van der Waals surface area (Å²) in [6.45, 7) is 7.98. The Morgan fingerprint density at radius 1 is 1.17 bits per heavy atom. The van der Waals surface area contributed by atoms with Crippen LogP contribution < -0.4 is 15.7 Å². The van der Waals surface area contributed by atoms with E-state index >= 15 is 0 Å². The van der Waals surface area contributed by atoms with Crippen molar-refractivity contribution in [3.05, 3.63) is 39.2 Å². The van der Waals surface area contributed by atoms with Crippen molar-refractivity contribution < 1.29 is 13.9 Å². The first-order chi connectivity index (χ1) is 14.2. The van der Waals surface area contributed by atoms with Crippen LogP contribution in [-0.2, 0) is 4.79 Å². The maximum atomic E-state index is 12.7. The van der Waals surface area contributed by atoms with Crippen molar-refractivity contribution in [2.24, 2.45) is 5.92 Å². The van der Waals surface area contributed by atoms with Crippen LogP contribution in [0.5, 0.6) is 5.75 Å². The number of hydrogen-bond acceptors (Lipinski definition) is 5. The van der Waals surface area contributed by atoms with Crippen molar-refractivity contribution in [1.29, 1.82) is 0 Å². The van der Waals surface area contributed by atoms with Gasteiger partial charge in [0.1, 0.15) is 11.3 Å². The Morgan fingerprint density at radius 2 is 1.83 bits per heavy atom. The van der Waals surface area contributed by atoms with Crippen molar-refractivity contribution in [1.82, 2.24) is 10.2 Å². The molecule has 1 aromatic carbocycles. The summed E-state index contributed by atoms with van der Waals surface area (Å²) in [5.74, 6) is 0.978. The van der Waals surface area contributed by atoms with E-state index in [0.29, 0.717) is 35.4 Å². The Labute approximate surface area is 178 Å². The molecule has 164 valence electrons. The molecule has 3 rings (SSSR count). The van der Waals surface area contributed by atoms with Crippen LogP contribution in [0.2, 0.25) is 0 Å². The molecule has 0 radical (unpaired) electrons. The summed E-state index contributed by atoms with van der Waals surface area (Å²) in [4.78, 5) is 27.0. The molecular weight excluding hydrogens is 380 g/mol. The second-order valence-corrected chi connectivity index (χ2v) is 8.92. The van der Waals surface area contributed by atoms with E-state index in [0.717, 1.165) is 29.4 Å². The fourth-order valence-corrected chi connectivity index (χ4v) is 4.28. The number of nitrogens with zero attached hydrogens (tertiary/aromatic N) is 1. The zero-order valence-corrected chi connectivity index (χ0v) is 19.0. The molecule has 30 heavy (non-hydrogen) atoms. The first-order valence-electron chi connectivity index (χ1n) is 10.8. The number of nitrogens with one attached hydrogen (secondary N) is 1. The normalized spacial score (nSPS) is 20.4. The van der Waals surface area contributed by atoms with Crippen molar-refractivity contribution in [3.8, 4) is 5.75 Å². The van der Waals surface area contributed by atoms with E-state index in [-0.39, 0.29) is 11.5 Å². The standard InChI is InChI=1S/C24H34N2O4/c1-14-11-20(22-15(2)16(3)24(28)30-21(22)12-14)29-17(4)23(27)25-13-18-7-9-19(10-8-18)26(5)6/h11-12,17-19H,7-10,13H2,1-6H3,(H,25,27). The van der Waals surface area contributed by atoms with Crippen molar-refractivity contribution in [3.63, 3.8) is 0 Å². The number of rotatable bonds is 6. The highest BCUT2D eigenvalue weighted by molar-refractivity contribution is 5.89. The third-order valence-corrected chi connectivity index (χ3v) is 6.44. The molecule has 0 bridgehead atoms. The van der Waals surface area contributed by atoms with Crippen LogP contribution in [-0.4, -0.2) is 43.6 Å². The number of aryl methyl sites for hydroxylation is 2. The molecule has 1 aliphatic rings. The lowest BCUT2D eigenvalue weighted by molar-refractivity contribution is -0.127. The second kappa shape index (κ2) is 9.21. The van der Waals surface area contributed by atoms with Crippen LogP contribution in [0.1, 0.15) is 49.3 Å². The largest absolute Gasteiger partial charge is 0.480 e. The zero-order chi connectivity index (χ0) is 22.0. The van der Waals surface area contributed by atoms with Crippen LogP contribution >= 0.6 is 0 Å². The maximum absolute atomic E-state index is 12.7. The number of amides is 1. The van der Waals surface area contributed by atoms with Gasteiger partial charge in [-0.3, -0.25) is 4.79 Å². The summed E-state index contributed by atoms with van der Waals surface area (Å²) in [5.41, 5.74) is 2.44. The molecule has 0 aliphatic heterocycles. The molecule has 1 unspecified atom stereocenters. The molecule has 1 aliphatic carbocycles. The average molecular weight is 415 g/mol. The van der Waals surface area contributed by atoms with Crippen LogP contribution in [0, 0.1) is 26.7 Å². The Kier molecular flexibility index (Phi) is 6.86. The van der Waals surface area contributed by atoms with E-state index in [1.807, 2.05) is 26.0 Å². The molecule has 2 aromatic rings. The first kappa shape index (κ1) is 22.3. The summed E-state index contributed by atoms with van der Waals surface area (Å²) < 4.78 is 11.5.